The van der Waals surface area contributed by atoms with Crippen LogP contribution < -0.4 is 5.32 Å². The Hall–Kier alpha value is -1.40. The van der Waals surface area contributed by atoms with Gasteiger partial charge in [-0.05, 0) is 51.4 Å². The van der Waals surface area contributed by atoms with Crippen LogP contribution in [-0.4, -0.2) is 47.4 Å². The van der Waals surface area contributed by atoms with Gasteiger partial charge in [0.15, 0.2) is 0 Å². The van der Waals surface area contributed by atoms with E-state index in [9.17, 15) is 19.8 Å². The van der Waals surface area contributed by atoms with Crippen molar-refractivity contribution < 1.29 is 24.5 Å². The molecule has 0 aliphatic carbocycles. The van der Waals surface area contributed by atoms with Gasteiger partial charge in [0.05, 0.1) is 25.4 Å². The zero-order valence-corrected chi connectivity index (χ0v) is 45.4. The van der Waals surface area contributed by atoms with Gasteiger partial charge < -0.3 is 20.3 Å². The Morgan fingerprint density at radius 3 is 1.06 bits per heavy atom. The molecule has 6 nitrogen and oxygen atoms in total. The van der Waals surface area contributed by atoms with Crippen molar-refractivity contribution in [2.75, 3.05) is 13.2 Å². The van der Waals surface area contributed by atoms with E-state index >= 15 is 0 Å². The van der Waals surface area contributed by atoms with E-state index in [4.69, 9.17) is 4.74 Å². The van der Waals surface area contributed by atoms with Gasteiger partial charge in [-0.3, -0.25) is 9.59 Å². The average Bonchev–Trinajstić information content (AvgIpc) is 3.33. The molecule has 0 aromatic carbocycles. The predicted molar refractivity (Wildman–Crippen MR) is 292 cm³/mol. The first kappa shape index (κ1) is 65.6. The molecular formula is C61H119NO5. The highest BCUT2D eigenvalue weighted by atomic mass is 16.5. The number of ether oxygens (including phenoxy) is 1. The fourth-order valence-electron chi connectivity index (χ4n) is 9.64. The van der Waals surface area contributed by atoms with Crippen molar-refractivity contribution in [1.29, 1.82) is 0 Å². The zero-order valence-electron chi connectivity index (χ0n) is 45.4. The number of aliphatic hydroxyl groups is 2. The Balaban J connectivity index is 3.44. The first-order valence-corrected chi connectivity index (χ1v) is 30.4. The van der Waals surface area contributed by atoms with Crippen LogP contribution in [0.2, 0.25) is 0 Å². The molecule has 0 rings (SSSR count). The van der Waals surface area contributed by atoms with Crippen LogP contribution in [0.15, 0.2) is 12.2 Å². The maximum absolute atomic E-state index is 12.5. The van der Waals surface area contributed by atoms with Crippen molar-refractivity contribution in [3.63, 3.8) is 0 Å². The normalized spacial score (nSPS) is 12.6. The van der Waals surface area contributed by atoms with Crippen LogP contribution >= 0.6 is 0 Å². The number of amides is 1. The minimum atomic E-state index is -0.672. The summed E-state index contributed by atoms with van der Waals surface area (Å²) in [6, 6.07) is -0.550. The summed E-state index contributed by atoms with van der Waals surface area (Å²) in [5.74, 6) is -0.0419. The molecule has 0 aromatic heterocycles. The second-order valence-corrected chi connectivity index (χ2v) is 21.0. The van der Waals surface area contributed by atoms with Crippen LogP contribution in [0.4, 0.5) is 0 Å². The summed E-state index contributed by atoms with van der Waals surface area (Å²) in [5, 5.41) is 23.3. The number of hydrogen-bond donors (Lipinski definition) is 3. The largest absolute Gasteiger partial charge is 0.466 e. The van der Waals surface area contributed by atoms with E-state index in [-0.39, 0.29) is 18.5 Å². The van der Waals surface area contributed by atoms with Crippen LogP contribution in [-0.2, 0) is 14.3 Å². The highest BCUT2D eigenvalue weighted by Gasteiger charge is 2.20. The van der Waals surface area contributed by atoms with Crippen LogP contribution in [0.3, 0.4) is 0 Å². The second-order valence-electron chi connectivity index (χ2n) is 21.0. The van der Waals surface area contributed by atoms with E-state index in [1.165, 1.54) is 257 Å². The molecule has 0 saturated carbocycles. The molecule has 2 atom stereocenters. The molecule has 0 aliphatic heterocycles. The van der Waals surface area contributed by atoms with Gasteiger partial charge in [-0.1, -0.05) is 289 Å². The maximum Gasteiger partial charge on any atom is 0.305 e. The lowest BCUT2D eigenvalue weighted by atomic mass is 10.0. The van der Waals surface area contributed by atoms with Gasteiger partial charge in [0.1, 0.15) is 0 Å². The number of esters is 1. The molecule has 0 fully saturated rings. The van der Waals surface area contributed by atoms with E-state index < -0.39 is 12.1 Å². The summed E-state index contributed by atoms with van der Waals surface area (Å²) in [6.07, 6.45) is 67.8. The minimum absolute atomic E-state index is 0.00193. The Morgan fingerprint density at radius 1 is 0.403 bits per heavy atom. The molecule has 3 N–H and O–H groups in total. The molecule has 1 amide bonds. The van der Waals surface area contributed by atoms with Gasteiger partial charge in [-0.2, -0.15) is 0 Å². The molecule has 0 heterocycles. The molecule has 0 saturated heterocycles. The van der Waals surface area contributed by atoms with Gasteiger partial charge in [0.2, 0.25) is 5.91 Å². The first-order valence-electron chi connectivity index (χ1n) is 30.4. The number of rotatable bonds is 57. The van der Waals surface area contributed by atoms with Gasteiger partial charge in [0.25, 0.3) is 0 Å². The number of unbranched alkanes of at least 4 members (excludes halogenated alkanes) is 44. The monoisotopic (exact) mass is 946 g/mol. The molecule has 0 aliphatic rings. The summed E-state index contributed by atoms with van der Waals surface area (Å²) in [5.41, 5.74) is 0. The standard InChI is InChI=1S/C61H119NO5/c1-3-5-7-9-11-13-15-17-19-20-22-26-29-33-37-41-45-49-53-59(64)58(57-63)62-60(65)54-50-46-42-38-34-30-27-23-21-24-28-32-36-40-44-48-52-56-67-61(66)55-51-47-43-39-35-31-25-18-16-14-12-10-8-6-4-2/h21,24,58-59,63-64H,3-20,22-23,25-57H2,1-2H3,(H,62,65)/b24-21-. The summed E-state index contributed by atoms with van der Waals surface area (Å²) in [6.45, 7) is 4.96. The highest BCUT2D eigenvalue weighted by Crippen LogP contribution is 2.18. The Bertz CT molecular complexity index is 1000. The maximum atomic E-state index is 12.5. The predicted octanol–water partition coefficient (Wildman–Crippen LogP) is 18.9. The van der Waals surface area contributed by atoms with Crippen molar-refractivity contribution in [3.05, 3.63) is 12.2 Å². The summed E-state index contributed by atoms with van der Waals surface area (Å²) in [4.78, 5) is 24.6. The number of hydrogen-bond acceptors (Lipinski definition) is 5. The van der Waals surface area contributed by atoms with Crippen LogP contribution in [0.5, 0.6) is 0 Å². The van der Waals surface area contributed by atoms with Crippen molar-refractivity contribution in [3.8, 4) is 0 Å². The molecule has 0 aromatic rings. The first-order chi connectivity index (χ1) is 33.0. The third-order valence-electron chi connectivity index (χ3n) is 14.3. The smallest absolute Gasteiger partial charge is 0.305 e. The quantitative estimate of drug-likeness (QED) is 0.0321. The third-order valence-corrected chi connectivity index (χ3v) is 14.3. The summed E-state index contributed by atoms with van der Waals surface area (Å²) in [7, 11) is 0. The fourth-order valence-corrected chi connectivity index (χ4v) is 9.64. The van der Waals surface area contributed by atoms with E-state index in [0.29, 0.717) is 25.9 Å². The number of aliphatic hydroxyl groups excluding tert-OH is 2. The number of nitrogens with one attached hydrogen (secondary N) is 1. The molecule has 2 unspecified atom stereocenters. The minimum Gasteiger partial charge on any atom is -0.466 e. The molecular weight excluding hydrogens is 827 g/mol. The van der Waals surface area contributed by atoms with E-state index in [2.05, 4.69) is 31.3 Å². The van der Waals surface area contributed by atoms with Gasteiger partial charge in [0, 0.05) is 12.8 Å². The van der Waals surface area contributed by atoms with Crippen LogP contribution in [0, 0.1) is 0 Å². The van der Waals surface area contributed by atoms with Crippen LogP contribution in [0.1, 0.15) is 341 Å². The molecule has 0 bridgehead atoms. The van der Waals surface area contributed by atoms with Crippen molar-refractivity contribution in [2.24, 2.45) is 0 Å². The summed E-state index contributed by atoms with van der Waals surface area (Å²) >= 11 is 0. The van der Waals surface area contributed by atoms with Crippen molar-refractivity contribution >= 4 is 11.9 Å². The van der Waals surface area contributed by atoms with Crippen molar-refractivity contribution in [2.45, 2.75) is 353 Å². The van der Waals surface area contributed by atoms with Gasteiger partial charge in [-0.25, -0.2) is 0 Å². The second kappa shape index (κ2) is 57.2. The van der Waals surface area contributed by atoms with Crippen molar-refractivity contribution in [1.82, 2.24) is 5.32 Å². The Morgan fingerprint density at radius 2 is 0.701 bits per heavy atom. The fraction of sp³-hybridized carbons (Fsp3) is 0.934. The molecule has 0 radical (unpaired) electrons. The molecule has 67 heavy (non-hydrogen) atoms. The lowest BCUT2D eigenvalue weighted by molar-refractivity contribution is -0.143. The lowest BCUT2D eigenvalue weighted by Crippen LogP contribution is -2.45. The molecule has 6 heteroatoms. The van der Waals surface area contributed by atoms with E-state index in [1.807, 2.05) is 0 Å². The molecule has 398 valence electrons. The highest BCUT2D eigenvalue weighted by molar-refractivity contribution is 5.76. The third kappa shape index (κ3) is 53.8. The van der Waals surface area contributed by atoms with Gasteiger partial charge >= 0.3 is 5.97 Å². The Labute approximate surface area is 419 Å². The lowest BCUT2D eigenvalue weighted by Gasteiger charge is -2.22. The SMILES string of the molecule is CCCCCCCCCCCCCCCCCCCCC(O)C(CO)NC(=O)CCCCCCCCC/C=C\CCCCCCCCOC(=O)CCCCCCCCCCCCCCCCC. The molecule has 0 spiro atoms. The number of carbonyl (C=O) groups is 2. The Kier molecular flexibility index (Phi) is 56.0. The topological polar surface area (TPSA) is 95.9 Å². The number of carbonyl (C=O) groups excluding carboxylic acids is 2. The van der Waals surface area contributed by atoms with Crippen LogP contribution in [0.25, 0.3) is 0 Å². The summed E-state index contributed by atoms with van der Waals surface area (Å²) < 4.78 is 5.48. The average molecular weight is 947 g/mol. The van der Waals surface area contributed by atoms with E-state index in [0.717, 1.165) is 51.4 Å². The van der Waals surface area contributed by atoms with Gasteiger partial charge in [-0.15, -0.1) is 0 Å². The zero-order chi connectivity index (χ0) is 48.6. The number of allylic oxidation sites excluding steroid dienone is 2. The van der Waals surface area contributed by atoms with E-state index in [1.54, 1.807) is 0 Å².